The largest absolute Gasteiger partial charge is 0.480 e. The van der Waals surface area contributed by atoms with Crippen molar-refractivity contribution in [3.63, 3.8) is 0 Å². The molecule has 5 nitrogen and oxygen atoms in total. The number of carbonyl (C=O) groups excluding carboxylic acids is 1. The maximum atomic E-state index is 13.2. The molecular weight excluding hydrogens is 263 g/mol. The van der Waals surface area contributed by atoms with E-state index in [-0.39, 0.29) is 5.56 Å². The van der Waals surface area contributed by atoms with Crippen LogP contribution in [0.15, 0.2) is 18.2 Å². The Morgan fingerprint density at radius 1 is 1.45 bits per heavy atom. The summed E-state index contributed by atoms with van der Waals surface area (Å²) in [4.78, 5) is 24.5. The smallest absolute Gasteiger partial charge is 0.326 e. The third-order valence-electron chi connectivity index (χ3n) is 3.68. The summed E-state index contributed by atoms with van der Waals surface area (Å²) in [6, 6.07) is 2.96. The number of carbonyl (C=O) groups is 2. The van der Waals surface area contributed by atoms with Gasteiger partial charge in [0.1, 0.15) is 11.9 Å². The van der Waals surface area contributed by atoms with Gasteiger partial charge in [-0.15, -0.1) is 0 Å². The normalized spacial score (nSPS) is 22.6. The summed E-state index contributed by atoms with van der Waals surface area (Å²) in [6.45, 7) is 2.50. The Morgan fingerprint density at radius 2 is 2.15 bits per heavy atom. The number of rotatable bonds is 3. The molecule has 6 heteroatoms. The zero-order chi connectivity index (χ0) is 14.9. The van der Waals surface area contributed by atoms with Gasteiger partial charge in [-0.3, -0.25) is 4.79 Å². The number of anilines is 1. The van der Waals surface area contributed by atoms with Crippen LogP contribution in [0.1, 0.15) is 30.1 Å². The Labute approximate surface area is 116 Å². The molecule has 1 aromatic rings. The number of benzene rings is 1. The molecule has 0 saturated carbocycles. The second kappa shape index (κ2) is 5.48. The summed E-state index contributed by atoms with van der Waals surface area (Å²) >= 11 is 0. The van der Waals surface area contributed by atoms with Gasteiger partial charge in [0, 0.05) is 6.54 Å². The van der Waals surface area contributed by atoms with E-state index in [1.807, 2.05) is 6.92 Å². The summed E-state index contributed by atoms with van der Waals surface area (Å²) in [7, 11) is 0. The molecule has 1 aliphatic heterocycles. The standard InChI is InChI=1S/C14H17FN2O3/c1-8-4-5-17(12(6-8)14(19)20)11-3-2-9(15)7-10(11)13(16)18/h2-3,7-8,12H,4-6H2,1H3,(H2,16,18)(H,19,20). The van der Waals surface area contributed by atoms with Crippen molar-refractivity contribution in [2.45, 2.75) is 25.8 Å². The van der Waals surface area contributed by atoms with Gasteiger partial charge >= 0.3 is 5.97 Å². The molecule has 0 aliphatic carbocycles. The molecule has 1 saturated heterocycles. The number of amides is 1. The molecule has 2 atom stereocenters. The van der Waals surface area contributed by atoms with E-state index in [1.165, 1.54) is 12.1 Å². The van der Waals surface area contributed by atoms with Crippen LogP contribution in [0.2, 0.25) is 0 Å². The average molecular weight is 280 g/mol. The van der Waals surface area contributed by atoms with Gasteiger partial charge in [-0.25, -0.2) is 9.18 Å². The highest BCUT2D eigenvalue weighted by molar-refractivity contribution is 5.99. The lowest BCUT2D eigenvalue weighted by atomic mass is 9.91. The van der Waals surface area contributed by atoms with E-state index in [9.17, 15) is 19.1 Å². The highest BCUT2D eigenvalue weighted by Gasteiger charge is 2.33. The highest BCUT2D eigenvalue weighted by atomic mass is 19.1. The molecule has 108 valence electrons. The molecular formula is C14H17FN2O3. The first-order chi connectivity index (χ1) is 9.40. The predicted molar refractivity (Wildman–Crippen MR) is 72.1 cm³/mol. The van der Waals surface area contributed by atoms with Crippen LogP contribution >= 0.6 is 0 Å². The maximum absolute atomic E-state index is 13.2. The second-order valence-electron chi connectivity index (χ2n) is 5.20. The second-order valence-corrected chi connectivity index (χ2v) is 5.20. The zero-order valence-corrected chi connectivity index (χ0v) is 11.2. The topological polar surface area (TPSA) is 83.6 Å². The minimum absolute atomic E-state index is 0.0193. The molecule has 0 radical (unpaired) electrons. The molecule has 1 aromatic carbocycles. The van der Waals surface area contributed by atoms with Gasteiger partial charge in [0.05, 0.1) is 11.3 Å². The minimum Gasteiger partial charge on any atom is -0.480 e. The lowest BCUT2D eigenvalue weighted by molar-refractivity contribution is -0.139. The fraction of sp³-hybridized carbons (Fsp3) is 0.429. The van der Waals surface area contributed by atoms with Gasteiger partial charge in [-0.05, 0) is 37.0 Å². The third kappa shape index (κ3) is 2.74. The van der Waals surface area contributed by atoms with E-state index < -0.39 is 23.7 Å². The van der Waals surface area contributed by atoms with Crippen molar-refractivity contribution in [1.82, 2.24) is 0 Å². The summed E-state index contributed by atoms with van der Waals surface area (Å²) in [5.74, 6) is -1.98. The van der Waals surface area contributed by atoms with Crippen LogP contribution in [-0.2, 0) is 4.79 Å². The maximum Gasteiger partial charge on any atom is 0.326 e. The van der Waals surface area contributed by atoms with Crippen LogP contribution in [0.25, 0.3) is 0 Å². The number of halogens is 1. The molecule has 2 unspecified atom stereocenters. The number of carboxylic acid groups (broad SMARTS) is 1. The van der Waals surface area contributed by atoms with Gasteiger partial charge in [0.25, 0.3) is 5.91 Å². The predicted octanol–water partition coefficient (Wildman–Crippen LogP) is 1.61. The Hall–Kier alpha value is -2.11. The quantitative estimate of drug-likeness (QED) is 0.881. The number of hydrogen-bond acceptors (Lipinski definition) is 3. The molecule has 2 rings (SSSR count). The average Bonchev–Trinajstić information content (AvgIpc) is 2.38. The van der Waals surface area contributed by atoms with Gasteiger partial charge in [-0.2, -0.15) is 0 Å². The molecule has 1 fully saturated rings. The van der Waals surface area contributed by atoms with E-state index in [0.29, 0.717) is 24.6 Å². The van der Waals surface area contributed by atoms with Crippen molar-refractivity contribution < 1.29 is 19.1 Å². The molecule has 20 heavy (non-hydrogen) atoms. The van der Waals surface area contributed by atoms with Crippen LogP contribution in [0.4, 0.5) is 10.1 Å². The van der Waals surface area contributed by atoms with Crippen molar-refractivity contribution in [2.75, 3.05) is 11.4 Å². The van der Waals surface area contributed by atoms with E-state index in [2.05, 4.69) is 0 Å². The molecule has 1 aliphatic rings. The minimum atomic E-state index is -0.948. The van der Waals surface area contributed by atoms with Crippen molar-refractivity contribution >= 4 is 17.6 Å². The molecule has 0 spiro atoms. The molecule has 0 aromatic heterocycles. The van der Waals surface area contributed by atoms with Crippen molar-refractivity contribution in [2.24, 2.45) is 11.7 Å². The Bertz CT molecular complexity index is 547. The van der Waals surface area contributed by atoms with Crippen LogP contribution in [0.5, 0.6) is 0 Å². The number of nitrogens with two attached hydrogens (primary N) is 1. The summed E-state index contributed by atoms with van der Waals surface area (Å²) < 4.78 is 13.2. The van der Waals surface area contributed by atoms with Crippen molar-refractivity contribution in [1.29, 1.82) is 0 Å². The van der Waals surface area contributed by atoms with Gasteiger partial charge in [0.15, 0.2) is 0 Å². The third-order valence-corrected chi connectivity index (χ3v) is 3.68. The summed E-state index contributed by atoms with van der Waals surface area (Å²) in [5, 5.41) is 9.34. The molecule has 3 N–H and O–H groups in total. The van der Waals surface area contributed by atoms with Gasteiger partial charge in [-0.1, -0.05) is 6.92 Å². The van der Waals surface area contributed by atoms with Crippen LogP contribution < -0.4 is 10.6 Å². The number of primary amides is 1. The first-order valence-corrected chi connectivity index (χ1v) is 6.49. The number of aliphatic carboxylic acids is 1. The Morgan fingerprint density at radius 3 is 2.75 bits per heavy atom. The number of hydrogen-bond donors (Lipinski definition) is 2. The molecule has 1 amide bonds. The van der Waals surface area contributed by atoms with Crippen molar-refractivity contribution in [3.8, 4) is 0 Å². The number of nitrogens with zero attached hydrogens (tertiary/aromatic N) is 1. The van der Waals surface area contributed by atoms with Gasteiger partial charge < -0.3 is 15.7 Å². The fourth-order valence-electron chi connectivity index (χ4n) is 2.62. The summed E-state index contributed by atoms with van der Waals surface area (Å²) in [5.41, 5.74) is 5.67. The SMILES string of the molecule is CC1CCN(c2ccc(F)cc2C(N)=O)C(C(=O)O)C1. The lowest BCUT2D eigenvalue weighted by Gasteiger charge is -2.38. The van der Waals surface area contributed by atoms with E-state index in [4.69, 9.17) is 5.73 Å². The zero-order valence-electron chi connectivity index (χ0n) is 11.2. The van der Waals surface area contributed by atoms with E-state index in [1.54, 1.807) is 4.90 Å². The van der Waals surface area contributed by atoms with Crippen LogP contribution in [-0.4, -0.2) is 29.6 Å². The highest BCUT2D eigenvalue weighted by Crippen LogP contribution is 2.30. The van der Waals surface area contributed by atoms with Crippen LogP contribution in [0, 0.1) is 11.7 Å². The van der Waals surface area contributed by atoms with E-state index in [0.717, 1.165) is 12.5 Å². The first kappa shape index (κ1) is 14.3. The van der Waals surface area contributed by atoms with E-state index >= 15 is 0 Å². The molecule has 0 bridgehead atoms. The summed E-state index contributed by atoms with van der Waals surface area (Å²) in [6.07, 6.45) is 1.31. The first-order valence-electron chi connectivity index (χ1n) is 6.49. The Balaban J connectivity index is 2.43. The van der Waals surface area contributed by atoms with Crippen LogP contribution in [0.3, 0.4) is 0 Å². The van der Waals surface area contributed by atoms with Crippen molar-refractivity contribution in [3.05, 3.63) is 29.6 Å². The molecule has 1 heterocycles. The lowest BCUT2D eigenvalue weighted by Crippen LogP contribution is -2.47. The number of carboxylic acids is 1. The number of piperidine rings is 1. The fourth-order valence-corrected chi connectivity index (χ4v) is 2.62. The Kier molecular flexibility index (Phi) is 3.92. The monoisotopic (exact) mass is 280 g/mol. The van der Waals surface area contributed by atoms with Gasteiger partial charge in [0.2, 0.25) is 0 Å².